The Kier molecular flexibility index (Phi) is 4.57. The number of Topliss-reactive ketones (excluding diaryl/α,β-unsaturated/α-hetero) is 1. The van der Waals surface area contributed by atoms with Crippen LogP contribution in [0.3, 0.4) is 0 Å². The first-order valence-electron chi connectivity index (χ1n) is 7.28. The van der Waals surface area contributed by atoms with E-state index in [4.69, 9.17) is 4.74 Å². The summed E-state index contributed by atoms with van der Waals surface area (Å²) in [6, 6.07) is 0. The van der Waals surface area contributed by atoms with E-state index in [2.05, 4.69) is 20.8 Å². The van der Waals surface area contributed by atoms with Crippen molar-refractivity contribution in [2.75, 3.05) is 13.6 Å². The van der Waals surface area contributed by atoms with Crippen molar-refractivity contribution in [3.63, 3.8) is 0 Å². The third-order valence-electron chi connectivity index (χ3n) is 3.53. The van der Waals surface area contributed by atoms with E-state index in [-0.39, 0.29) is 16.9 Å². The van der Waals surface area contributed by atoms with Gasteiger partial charge in [-0.1, -0.05) is 20.8 Å². The highest BCUT2D eigenvalue weighted by atomic mass is 16.6. The number of hydrogen-bond acceptors (Lipinski definition) is 3. The summed E-state index contributed by atoms with van der Waals surface area (Å²) in [6.07, 6.45) is 1.80. The number of rotatable bonds is 2. The van der Waals surface area contributed by atoms with Gasteiger partial charge in [0.15, 0.2) is 0 Å². The molecule has 1 aliphatic carbocycles. The average molecular weight is 283 g/mol. The van der Waals surface area contributed by atoms with Gasteiger partial charge < -0.3 is 9.64 Å². The Balaban J connectivity index is 2.71. The van der Waals surface area contributed by atoms with Gasteiger partial charge in [0.1, 0.15) is 11.4 Å². The number of ketones is 1. The van der Waals surface area contributed by atoms with E-state index in [0.29, 0.717) is 25.2 Å². The lowest BCUT2D eigenvalue weighted by atomic mass is 9.64. The van der Waals surface area contributed by atoms with Gasteiger partial charge in [0.2, 0.25) is 0 Å². The first-order chi connectivity index (χ1) is 8.82. The average Bonchev–Trinajstić information content (AvgIpc) is 2.08. The van der Waals surface area contributed by atoms with Crippen molar-refractivity contribution in [3.8, 4) is 0 Å². The maximum atomic E-state index is 12.0. The Labute approximate surface area is 122 Å². The van der Waals surface area contributed by atoms with Crippen LogP contribution in [-0.4, -0.2) is 36.0 Å². The molecule has 4 heteroatoms. The molecule has 0 saturated heterocycles. The zero-order valence-electron chi connectivity index (χ0n) is 14.0. The maximum Gasteiger partial charge on any atom is 0.410 e. The molecule has 1 aliphatic rings. The molecule has 0 heterocycles. The predicted octanol–water partition coefficient (Wildman–Crippen LogP) is 3.64. The van der Waals surface area contributed by atoms with E-state index in [1.807, 2.05) is 20.8 Å². The lowest BCUT2D eigenvalue weighted by molar-refractivity contribution is -0.128. The summed E-state index contributed by atoms with van der Waals surface area (Å²) in [4.78, 5) is 25.6. The second kappa shape index (κ2) is 5.38. The van der Waals surface area contributed by atoms with Crippen molar-refractivity contribution in [2.45, 2.75) is 66.4 Å². The van der Waals surface area contributed by atoms with Crippen molar-refractivity contribution in [1.82, 2.24) is 4.90 Å². The van der Waals surface area contributed by atoms with Crippen LogP contribution < -0.4 is 0 Å². The summed E-state index contributed by atoms with van der Waals surface area (Å²) in [5.74, 6) is 0.293. The summed E-state index contributed by atoms with van der Waals surface area (Å²) >= 11 is 0. The fourth-order valence-corrected chi connectivity index (χ4v) is 3.44. The van der Waals surface area contributed by atoms with Crippen molar-refractivity contribution >= 4 is 11.9 Å². The molecule has 0 N–H and O–H groups in total. The van der Waals surface area contributed by atoms with Gasteiger partial charge in [-0.15, -0.1) is 0 Å². The van der Waals surface area contributed by atoms with Crippen LogP contribution in [0.2, 0.25) is 0 Å². The number of nitrogens with zero attached hydrogens (tertiary/aromatic N) is 1. The minimum Gasteiger partial charge on any atom is -0.444 e. The summed E-state index contributed by atoms with van der Waals surface area (Å²) in [5.41, 5.74) is -0.642. The van der Waals surface area contributed by atoms with Crippen LogP contribution in [-0.2, 0) is 9.53 Å². The summed E-state index contributed by atoms with van der Waals surface area (Å²) < 4.78 is 5.37. The highest BCUT2D eigenvalue weighted by Gasteiger charge is 2.42. The Bertz CT molecular complexity index is 395. The van der Waals surface area contributed by atoms with Crippen molar-refractivity contribution in [2.24, 2.45) is 10.8 Å². The van der Waals surface area contributed by atoms with E-state index >= 15 is 0 Å². The fourth-order valence-electron chi connectivity index (χ4n) is 3.44. The van der Waals surface area contributed by atoms with E-state index in [1.165, 1.54) is 0 Å². The van der Waals surface area contributed by atoms with E-state index in [9.17, 15) is 9.59 Å². The molecule has 1 fully saturated rings. The molecule has 1 unspecified atom stereocenters. The van der Waals surface area contributed by atoms with Crippen LogP contribution in [0, 0.1) is 10.8 Å². The van der Waals surface area contributed by atoms with Gasteiger partial charge in [-0.25, -0.2) is 4.79 Å². The second-order valence-corrected chi connectivity index (χ2v) is 8.38. The van der Waals surface area contributed by atoms with Crippen LogP contribution >= 0.6 is 0 Å². The van der Waals surface area contributed by atoms with Gasteiger partial charge >= 0.3 is 6.09 Å². The minimum atomic E-state index is -0.492. The lowest BCUT2D eigenvalue weighted by Gasteiger charge is -2.43. The van der Waals surface area contributed by atoms with E-state index in [0.717, 1.165) is 6.42 Å². The summed E-state index contributed by atoms with van der Waals surface area (Å²) in [7, 11) is 1.74. The van der Waals surface area contributed by atoms with Gasteiger partial charge in [0, 0.05) is 26.4 Å². The molecule has 1 saturated carbocycles. The van der Waals surface area contributed by atoms with Crippen molar-refractivity contribution in [3.05, 3.63) is 0 Å². The molecule has 1 atom stereocenters. The topological polar surface area (TPSA) is 46.6 Å². The first kappa shape index (κ1) is 17.0. The van der Waals surface area contributed by atoms with Crippen LogP contribution in [0.15, 0.2) is 0 Å². The number of carbonyl (C=O) groups excluding carboxylic acids is 2. The van der Waals surface area contributed by atoms with Gasteiger partial charge in [0.05, 0.1) is 0 Å². The van der Waals surface area contributed by atoms with E-state index < -0.39 is 5.60 Å². The fraction of sp³-hybridized carbons (Fsp3) is 0.875. The van der Waals surface area contributed by atoms with Crippen molar-refractivity contribution < 1.29 is 14.3 Å². The minimum absolute atomic E-state index is 0.0128. The molecular weight excluding hydrogens is 254 g/mol. The Morgan fingerprint density at radius 1 is 1.25 bits per heavy atom. The Morgan fingerprint density at radius 3 is 2.25 bits per heavy atom. The lowest BCUT2D eigenvalue weighted by Crippen LogP contribution is -2.45. The third-order valence-corrected chi connectivity index (χ3v) is 3.53. The van der Waals surface area contributed by atoms with Gasteiger partial charge in [-0.05, 0) is 38.0 Å². The molecule has 0 aromatic heterocycles. The standard InChI is InChI=1S/C16H29NO3/c1-14(2,3)20-13(19)17(7)11-16(6)9-12(18)8-15(4,5)10-16/h8-11H2,1-7H3. The molecule has 0 aromatic rings. The van der Waals surface area contributed by atoms with Crippen LogP contribution in [0.5, 0.6) is 0 Å². The molecule has 4 nitrogen and oxygen atoms in total. The highest BCUT2D eigenvalue weighted by Crippen LogP contribution is 2.44. The summed E-state index contributed by atoms with van der Waals surface area (Å²) in [5, 5.41) is 0. The van der Waals surface area contributed by atoms with Crippen molar-refractivity contribution in [1.29, 1.82) is 0 Å². The smallest absolute Gasteiger partial charge is 0.410 e. The van der Waals surface area contributed by atoms with E-state index in [1.54, 1.807) is 11.9 Å². The number of ether oxygens (including phenoxy) is 1. The number of amides is 1. The zero-order chi connectivity index (χ0) is 15.8. The predicted molar refractivity (Wildman–Crippen MR) is 79.6 cm³/mol. The van der Waals surface area contributed by atoms with Crippen LogP contribution in [0.25, 0.3) is 0 Å². The zero-order valence-corrected chi connectivity index (χ0v) is 14.0. The molecule has 0 bridgehead atoms. The largest absolute Gasteiger partial charge is 0.444 e. The Hall–Kier alpha value is -1.06. The Morgan fingerprint density at radius 2 is 1.80 bits per heavy atom. The molecule has 0 aromatic carbocycles. The van der Waals surface area contributed by atoms with Gasteiger partial charge in [-0.3, -0.25) is 4.79 Å². The maximum absolute atomic E-state index is 12.0. The third kappa shape index (κ3) is 5.14. The summed E-state index contributed by atoms with van der Waals surface area (Å²) in [6.45, 7) is 12.4. The quantitative estimate of drug-likeness (QED) is 0.777. The van der Waals surface area contributed by atoms with Gasteiger partial charge in [0.25, 0.3) is 0 Å². The van der Waals surface area contributed by atoms with Crippen LogP contribution in [0.1, 0.15) is 60.8 Å². The van der Waals surface area contributed by atoms with Crippen LogP contribution in [0.4, 0.5) is 4.79 Å². The molecule has 0 radical (unpaired) electrons. The number of hydrogen-bond donors (Lipinski definition) is 0. The molecular formula is C16H29NO3. The SMILES string of the molecule is CN(CC1(C)CC(=O)CC(C)(C)C1)C(=O)OC(C)(C)C. The molecule has 1 amide bonds. The molecule has 20 heavy (non-hydrogen) atoms. The molecule has 0 aliphatic heterocycles. The normalized spacial score (nSPS) is 26.2. The second-order valence-electron chi connectivity index (χ2n) is 8.38. The number of carbonyl (C=O) groups is 2. The highest BCUT2D eigenvalue weighted by molar-refractivity contribution is 5.81. The molecule has 116 valence electrons. The van der Waals surface area contributed by atoms with Gasteiger partial charge in [-0.2, -0.15) is 0 Å². The monoisotopic (exact) mass is 283 g/mol. The first-order valence-corrected chi connectivity index (χ1v) is 7.28. The molecule has 0 spiro atoms. The molecule has 1 rings (SSSR count).